The van der Waals surface area contributed by atoms with E-state index in [4.69, 9.17) is 11.6 Å². The molecule has 1 aromatic carbocycles. The molecule has 1 aromatic rings. The molecular formula is C18H24ClFN2O2. The van der Waals surface area contributed by atoms with Gasteiger partial charge in [0.25, 0.3) is 5.91 Å². The first-order valence-corrected chi connectivity index (χ1v) is 9.03. The maximum Gasteiger partial charge on any atom is 0.254 e. The SMILES string of the molecule is O=C(c1cc(F)cc(Cl)c1)N1C[C@@H](CO)[C@@H](CN2CCCCC2)C1. The van der Waals surface area contributed by atoms with Gasteiger partial charge in [0.1, 0.15) is 5.82 Å². The summed E-state index contributed by atoms with van der Waals surface area (Å²) >= 11 is 5.86. The lowest BCUT2D eigenvalue weighted by Gasteiger charge is -2.30. The Labute approximate surface area is 147 Å². The van der Waals surface area contributed by atoms with E-state index < -0.39 is 5.82 Å². The lowest BCUT2D eigenvalue weighted by atomic mass is 9.95. The van der Waals surface area contributed by atoms with Crippen molar-refractivity contribution in [1.82, 2.24) is 9.80 Å². The minimum Gasteiger partial charge on any atom is -0.396 e. The molecular weight excluding hydrogens is 331 g/mol. The first kappa shape index (κ1) is 17.6. The molecule has 0 unspecified atom stereocenters. The minimum atomic E-state index is -0.506. The normalized spacial score (nSPS) is 25.2. The maximum atomic E-state index is 13.5. The zero-order valence-corrected chi connectivity index (χ0v) is 14.5. The van der Waals surface area contributed by atoms with Gasteiger partial charge in [-0.1, -0.05) is 18.0 Å². The zero-order chi connectivity index (χ0) is 17.1. The molecule has 2 atom stereocenters. The number of hydrogen-bond donors (Lipinski definition) is 1. The number of piperidine rings is 1. The number of likely N-dealkylation sites (tertiary alicyclic amines) is 2. The van der Waals surface area contributed by atoms with Crippen LogP contribution in [0.5, 0.6) is 0 Å². The van der Waals surface area contributed by atoms with Crippen molar-refractivity contribution in [2.75, 3.05) is 39.3 Å². The third-order valence-electron chi connectivity index (χ3n) is 5.15. The standard InChI is InChI=1S/C18H24ClFN2O2/c19-16-6-13(7-17(20)8-16)18(24)22-10-14(15(11-22)12-23)9-21-4-2-1-3-5-21/h6-8,14-15,23H,1-5,9-12H2/t14-,15-/m0/s1. The van der Waals surface area contributed by atoms with Crippen LogP contribution in [-0.2, 0) is 0 Å². The van der Waals surface area contributed by atoms with Gasteiger partial charge in [-0.2, -0.15) is 0 Å². The highest BCUT2D eigenvalue weighted by molar-refractivity contribution is 6.31. The summed E-state index contributed by atoms with van der Waals surface area (Å²) in [5.41, 5.74) is 0.273. The van der Waals surface area contributed by atoms with E-state index >= 15 is 0 Å². The van der Waals surface area contributed by atoms with E-state index in [1.165, 1.54) is 37.5 Å². The molecule has 2 aliphatic rings. The fourth-order valence-corrected chi connectivity index (χ4v) is 4.07. The number of amides is 1. The summed E-state index contributed by atoms with van der Waals surface area (Å²) in [6, 6.07) is 3.91. The number of halogens is 2. The number of carbonyl (C=O) groups excluding carboxylic acids is 1. The fourth-order valence-electron chi connectivity index (χ4n) is 3.85. The fraction of sp³-hybridized carbons (Fsp3) is 0.611. The predicted octanol–water partition coefficient (Wildman–Crippen LogP) is 2.65. The lowest BCUT2D eigenvalue weighted by molar-refractivity contribution is 0.0778. The third-order valence-corrected chi connectivity index (χ3v) is 5.37. The van der Waals surface area contributed by atoms with Crippen molar-refractivity contribution in [3.05, 3.63) is 34.6 Å². The second-order valence-electron chi connectivity index (χ2n) is 6.93. The van der Waals surface area contributed by atoms with Crippen LogP contribution in [0.15, 0.2) is 18.2 Å². The first-order chi connectivity index (χ1) is 11.6. The van der Waals surface area contributed by atoms with Gasteiger partial charge in [-0.25, -0.2) is 4.39 Å². The minimum absolute atomic E-state index is 0.0756. The Balaban J connectivity index is 1.67. The molecule has 3 rings (SSSR count). The average Bonchev–Trinajstić information content (AvgIpc) is 2.97. The van der Waals surface area contributed by atoms with Crippen LogP contribution in [0, 0.1) is 17.7 Å². The highest BCUT2D eigenvalue weighted by Gasteiger charge is 2.36. The van der Waals surface area contributed by atoms with Gasteiger partial charge in [-0.05, 0) is 50.0 Å². The Morgan fingerprint density at radius 1 is 1.17 bits per heavy atom. The van der Waals surface area contributed by atoms with Crippen LogP contribution in [-0.4, -0.2) is 60.1 Å². The molecule has 1 amide bonds. The highest BCUT2D eigenvalue weighted by Crippen LogP contribution is 2.27. The van der Waals surface area contributed by atoms with Crippen molar-refractivity contribution in [3.63, 3.8) is 0 Å². The molecule has 0 spiro atoms. The summed E-state index contributed by atoms with van der Waals surface area (Å²) in [6.45, 7) is 4.31. The molecule has 132 valence electrons. The highest BCUT2D eigenvalue weighted by atomic mass is 35.5. The predicted molar refractivity (Wildman–Crippen MR) is 91.7 cm³/mol. The van der Waals surface area contributed by atoms with E-state index in [1.54, 1.807) is 4.90 Å². The summed E-state index contributed by atoms with van der Waals surface area (Å²) in [5, 5.41) is 9.91. The van der Waals surface area contributed by atoms with Gasteiger partial charge in [0.15, 0.2) is 0 Å². The van der Waals surface area contributed by atoms with E-state index in [9.17, 15) is 14.3 Å². The first-order valence-electron chi connectivity index (χ1n) is 8.65. The molecule has 6 heteroatoms. The lowest BCUT2D eigenvalue weighted by Crippen LogP contribution is -2.37. The van der Waals surface area contributed by atoms with Gasteiger partial charge < -0.3 is 14.9 Å². The van der Waals surface area contributed by atoms with Crippen LogP contribution in [0.4, 0.5) is 4.39 Å². The van der Waals surface area contributed by atoms with Crippen molar-refractivity contribution < 1.29 is 14.3 Å². The number of hydrogen-bond acceptors (Lipinski definition) is 3. The summed E-state index contributed by atoms with van der Waals surface area (Å²) < 4.78 is 13.5. The Morgan fingerprint density at radius 2 is 1.88 bits per heavy atom. The Bertz CT molecular complexity index is 572. The van der Waals surface area contributed by atoms with Crippen molar-refractivity contribution in [1.29, 1.82) is 0 Å². The van der Waals surface area contributed by atoms with Gasteiger partial charge >= 0.3 is 0 Å². The number of carbonyl (C=O) groups is 1. The van der Waals surface area contributed by atoms with Crippen LogP contribution < -0.4 is 0 Å². The van der Waals surface area contributed by atoms with Crippen molar-refractivity contribution >= 4 is 17.5 Å². The van der Waals surface area contributed by atoms with Gasteiger partial charge in [0.2, 0.25) is 0 Å². The van der Waals surface area contributed by atoms with Crippen molar-refractivity contribution in [2.45, 2.75) is 19.3 Å². The molecule has 0 saturated carbocycles. The number of benzene rings is 1. The van der Waals surface area contributed by atoms with Gasteiger partial charge in [-0.3, -0.25) is 4.79 Å². The third kappa shape index (κ3) is 4.08. The van der Waals surface area contributed by atoms with E-state index in [0.29, 0.717) is 13.1 Å². The van der Waals surface area contributed by atoms with Gasteiger partial charge in [0.05, 0.1) is 0 Å². The van der Waals surface area contributed by atoms with Crippen LogP contribution in [0.3, 0.4) is 0 Å². The number of nitrogens with zero attached hydrogens (tertiary/aromatic N) is 2. The Morgan fingerprint density at radius 3 is 2.54 bits per heavy atom. The largest absolute Gasteiger partial charge is 0.396 e. The molecule has 2 fully saturated rings. The average molecular weight is 355 g/mol. The molecule has 0 aromatic heterocycles. The summed E-state index contributed by atoms with van der Waals surface area (Å²) in [4.78, 5) is 16.8. The molecule has 24 heavy (non-hydrogen) atoms. The Kier molecular flexibility index (Phi) is 5.74. The molecule has 2 aliphatic heterocycles. The molecule has 0 radical (unpaired) electrons. The second kappa shape index (κ2) is 7.81. The van der Waals surface area contributed by atoms with Crippen molar-refractivity contribution in [2.24, 2.45) is 11.8 Å². The van der Waals surface area contributed by atoms with E-state index in [2.05, 4.69) is 4.90 Å². The van der Waals surface area contributed by atoms with Crippen LogP contribution in [0.25, 0.3) is 0 Å². The monoisotopic (exact) mass is 354 g/mol. The van der Waals surface area contributed by atoms with Crippen molar-refractivity contribution in [3.8, 4) is 0 Å². The second-order valence-corrected chi connectivity index (χ2v) is 7.37. The number of rotatable bonds is 4. The smallest absolute Gasteiger partial charge is 0.254 e. The molecule has 1 N–H and O–H groups in total. The number of aliphatic hydroxyl groups is 1. The van der Waals surface area contributed by atoms with E-state index in [1.807, 2.05) is 0 Å². The molecule has 2 saturated heterocycles. The van der Waals surface area contributed by atoms with Gasteiger partial charge in [0, 0.05) is 42.7 Å². The molecule has 4 nitrogen and oxygen atoms in total. The molecule has 0 aliphatic carbocycles. The van der Waals surface area contributed by atoms with E-state index in [-0.39, 0.29) is 34.9 Å². The van der Waals surface area contributed by atoms with E-state index in [0.717, 1.165) is 19.6 Å². The van der Waals surface area contributed by atoms with Crippen LogP contribution >= 0.6 is 11.6 Å². The topological polar surface area (TPSA) is 43.8 Å². The Hall–Kier alpha value is -1.17. The van der Waals surface area contributed by atoms with Gasteiger partial charge in [-0.15, -0.1) is 0 Å². The summed E-state index contributed by atoms with van der Waals surface area (Å²) in [7, 11) is 0. The summed E-state index contributed by atoms with van der Waals surface area (Å²) in [5.74, 6) is -0.370. The zero-order valence-electron chi connectivity index (χ0n) is 13.8. The van der Waals surface area contributed by atoms with Crippen LogP contribution in [0.2, 0.25) is 5.02 Å². The maximum absolute atomic E-state index is 13.5. The summed E-state index contributed by atoms with van der Waals surface area (Å²) in [6.07, 6.45) is 3.73. The van der Waals surface area contributed by atoms with Crippen LogP contribution in [0.1, 0.15) is 29.6 Å². The quantitative estimate of drug-likeness (QED) is 0.904. The number of aliphatic hydroxyl groups excluding tert-OH is 1. The molecule has 2 heterocycles. The molecule has 0 bridgehead atoms.